The summed E-state index contributed by atoms with van der Waals surface area (Å²) in [5.41, 5.74) is -2.59. The third kappa shape index (κ3) is 2.92. The number of nitrogens with one attached hydrogen (secondary N) is 1. The van der Waals surface area contributed by atoms with Crippen molar-refractivity contribution in [3.63, 3.8) is 0 Å². The van der Waals surface area contributed by atoms with Crippen LogP contribution >= 0.6 is 11.8 Å². The van der Waals surface area contributed by atoms with Crippen LogP contribution in [0.4, 0.5) is 17.6 Å². The highest BCUT2D eigenvalue weighted by Crippen LogP contribution is 2.45. The minimum atomic E-state index is -4.77. The van der Waals surface area contributed by atoms with Gasteiger partial charge in [0.2, 0.25) is 0 Å². The molecule has 4 rings (SSSR count). The Balaban J connectivity index is 2.24. The van der Waals surface area contributed by atoms with Gasteiger partial charge in [-0.1, -0.05) is 0 Å². The summed E-state index contributed by atoms with van der Waals surface area (Å²) in [5, 5.41) is -0.209. The van der Waals surface area contributed by atoms with Gasteiger partial charge >= 0.3 is 11.9 Å². The van der Waals surface area contributed by atoms with E-state index in [4.69, 9.17) is 0 Å². The van der Waals surface area contributed by atoms with Crippen LogP contribution in [0.15, 0.2) is 32.8 Å². The van der Waals surface area contributed by atoms with Crippen LogP contribution in [0.3, 0.4) is 0 Å². The molecule has 0 spiro atoms. The fourth-order valence-corrected chi connectivity index (χ4v) is 4.52. The number of hydrogen-bond donors (Lipinski definition) is 1. The number of H-pyrrole nitrogens is 1. The molecular formula is C18H13F4N3O2S. The van der Waals surface area contributed by atoms with Crippen LogP contribution in [0, 0.1) is 12.7 Å². The lowest BCUT2D eigenvalue weighted by atomic mass is 9.99. The van der Waals surface area contributed by atoms with Crippen molar-refractivity contribution in [2.75, 3.05) is 5.75 Å². The maximum Gasteiger partial charge on any atom is 0.417 e. The molecule has 10 heteroatoms. The SMILES string of the molecule is Cc1cc(-c2c(C(F)(F)F)cc3c(=O)[nH]c(=O)n4c3c2SCCC4)ncc1F. The zero-order chi connectivity index (χ0) is 20.2. The molecule has 2 aromatic heterocycles. The Morgan fingerprint density at radius 3 is 2.68 bits per heavy atom. The minimum absolute atomic E-state index is 0.0585. The number of hydrogen-bond acceptors (Lipinski definition) is 4. The van der Waals surface area contributed by atoms with Crippen molar-refractivity contribution in [1.29, 1.82) is 0 Å². The van der Waals surface area contributed by atoms with Crippen molar-refractivity contribution in [2.45, 2.75) is 31.0 Å². The largest absolute Gasteiger partial charge is 0.417 e. The van der Waals surface area contributed by atoms with Crippen molar-refractivity contribution < 1.29 is 17.6 Å². The molecule has 3 aromatic rings. The maximum atomic E-state index is 13.9. The van der Waals surface area contributed by atoms with Crippen molar-refractivity contribution in [2.24, 2.45) is 0 Å². The predicted molar refractivity (Wildman–Crippen MR) is 97.1 cm³/mol. The number of thioether (sulfide) groups is 1. The molecule has 5 nitrogen and oxygen atoms in total. The average molecular weight is 411 g/mol. The highest BCUT2D eigenvalue weighted by molar-refractivity contribution is 7.99. The number of benzene rings is 1. The first-order valence-electron chi connectivity index (χ1n) is 8.35. The average Bonchev–Trinajstić information content (AvgIpc) is 2.84. The summed E-state index contributed by atoms with van der Waals surface area (Å²) in [5.74, 6) is -0.177. The molecule has 0 aliphatic carbocycles. The Hall–Kier alpha value is -2.62. The molecule has 1 aliphatic rings. The van der Waals surface area contributed by atoms with Gasteiger partial charge in [0.05, 0.1) is 28.4 Å². The highest BCUT2D eigenvalue weighted by atomic mass is 32.2. The maximum absolute atomic E-state index is 13.9. The highest BCUT2D eigenvalue weighted by Gasteiger charge is 2.37. The van der Waals surface area contributed by atoms with Gasteiger partial charge < -0.3 is 0 Å². The minimum Gasteiger partial charge on any atom is -0.292 e. The van der Waals surface area contributed by atoms with Gasteiger partial charge in [-0.25, -0.2) is 9.18 Å². The first kappa shape index (κ1) is 18.7. The Bertz CT molecular complexity index is 1230. The normalized spacial score (nSPS) is 14.3. The van der Waals surface area contributed by atoms with Gasteiger partial charge in [0.15, 0.2) is 0 Å². The van der Waals surface area contributed by atoms with Crippen LogP contribution < -0.4 is 11.2 Å². The van der Waals surface area contributed by atoms with Crippen molar-refractivity contribution in [1.82, 2.24) is 14.5 Å². The molecule has 0 unspecified atom stereocenters. The number of nitrogens with zero attached hydrogens (tertiary/aromatic N) is 2. The van der Waals surface area contributed by atoms with Gasteiger partial charge in [-0.3, -0.25) is 19.3 Å². The Morgan fingerprint density at radius 2 is 2.00 bits per heavy atom. The van der Waals surface area contributed by atoms with Gasteiger partial charge in [-0.05, 0) is 36.8 Å². The molecule has 1 aliphatic heterocycles. The molecule has 3 heterocycles. The van der Waals surface area contributed by atoms with Gasteiger partial charge in [-0.2, -0.15) is 13.2 Å². The third-order valence-corrected chi connectivity index (χ3v) is 5.80. The van der Waals surface area contributed by atoms with E-state index in [0.717, 1.165) is 24.0 Å². The van der Waals surface area contributed by atoms with E-state index in [2.05, 4.69) is 9.97 Å². The number of rotatable bonds is 1. The summed E-state index contributed by atoms with van der Waals surface area (Å²) in [6.45, 7) is 1.70. The van der Waals surface area contributed by atoms with E-state index in [1.807, 2.05) is 0 Å². The summed E-state index contributed by atoms with van der Waals surface area (Å²) in [7, 11) is 0. The van der Waals surface area contributed by atoms with E-state index in [1.165, 1.54) is 17.6 Å². The zero-order valence-electron chi connectivity index (χ0n) is 14.5. The number of aryl methyl sites for hydroxylation is 2. The molecule has 1 aromatic carbocycles. The second-order valence-corrected chi connectivity index (χ2v) is 7.56. The van der Waals surface area contributed by atoms with Crippen LogP contribution in [0.25, 0.3) is 22.2 Å². The van der Waals surface area contributed by atoms with Crippen molar-refractivity contribution in [3.05, 3.63) is 56.1 Å². The summed E-state index contributed by atoms with van der Waals surface area (Å²) in [6, 6.07) is 1.98. The molecule has 0 amide bonds. The fraction of sp³-hybridized carbons (Fsp3) is 0.278. The van der Waals surface area contributed by atoms with Crippen molar-refractivity contribution in [3.8, 4) is 11.3 Å². The molecule has 146 valence electrons. The van der Waals surface area contributed by atoms with Gasteiger partial charge in [-0.15, -0.1) is 11.8 Å². The molecule has 0 bridgehead atoms. The second-order valence-electron chi connectivity index (χ2n) is 6.45. The van der Waals surface area contributed by atoms with Crippen LogP contribution in [-0.4, -0.2) is 20.3 Å². The summed E-state index contributed by atoms with van der Waals surface area (Å²) in [4.78, 5) is 30.6. The number of alkyl halides is 3. The molecular weight excluding hydrogens is 398 g/mol. The van der Waals surface area contributed by atoms with E-state index in [0.29, 0.717) is 12.2 Å². The monoisotopic (exact) mass is 411 g/mol. The summed E-state index contributed by atoms with van der Waals surface area (Å²) >= 11 is 1.13. The van der Waals surface area contributed by atoms with Gasteiger partial charge in [0.1, 0.15) is 5.82 Å². The Labute approximate surface area is 159 Å². The first-order valence-corrected chi connectivity index (χ1v) is 9.33. The summed E-state index contributed by atoms with van der Waals surface area (Å²) < 4.78 is 56.6. The van der Waals surface area contributed by atoms with E-state index < -0.39 is 28.8 Å². The Kier molecular flexibility index (Phi) is 4.33. The van der Waals surface area contributed by atoms with Crippen LogP contribution in [-0.2, 0) is 12.7 Å². The fourth-order valence-electron chi connectivity index (χ4n) is 3.33. The second kappa shape index (κ2) is 6.47. The summed E-state index contributed by atoms with van der Waals surface area (Å²) in [6.07, 6.45) is -3.37. The lowest BCUT2D eigenvalue weighted by Crippen LogP contribution is -2.30. The van der Waals surface area contributed by atoms with E-state index in [1.54, 1.807) is 0 Å². The smallest absolute Gasteiger partial charge is 0.292 e. The predicted octanol–water partition coefficient (Wildman–Crippen LogP) is 3.71. The number of pyridine rings is 1. The topological polar surface area (TPSA) is 67.8 Å². The number of halogens is 4. The van der Waals surface area contributed by atoms with Gasteiger partial charge in [0, 0.05) is 17.0 Å². The molecule has 0 saturated heterocycles. The van der Waals surface area contributed by atoms with E-state index in [-0.39, 0.29) is 39.2 Å². The quantitative estimate of drug-likeness (QED) is 0.620. The standard InChI is InChI=1S/C18H13F4N3O2S/c1-8-5-12(23-7-11(8)19)13-10(18(20,21)22)6-9-14-15(13)28-4-2-3-25(14)17(27)24-16(9)26/h5-7H,2-4H2,1H3,(H,24,26,27). The molecule has 0 radical (unpaired) electrons. The van der Waals surface area contributed by atoms with Crippen molar-refractivity contribution >= 4 is 22.7 Å². The molecule has 0 saturated carbocycles. The van der Waals surface area contributed by atoms with Gasteiger partial charge in [0.25, 0.3) is 5.56 Å². The first-order chi connectivity index (χ1) is 13.2. The zero-order valence-corrected chi connectivity index (χ0v) is 15.3. The van der Waals surface area contributed by atoms with Crippen LogP contribution in [0.1, 0.15) is 17.5 Å². The third-order valence-electron chi connectivity index (χ3n) is 4.62. The number of aromatic nitrogens is 3. The van der Waals surface area contributed by atoms with Crippen LogP contribution in [0.5, 0.6) is 0 Å². The molecule has 28 heavy (non-hydrogen) atoms. The van der Waals surface area contributed by atoms with Crippen LogP contribution in [0.2, 0.25) is 0 Å². The number of aromatic amines is 1. The van der Waals surface area contributed by atoms with E-state index >= 15 is 0 Å². The lowest BCUT2D eigenvalue weighted by Gasteiger charge is -2.19. The molecule has 0 atom stereocenters. The van der Waals surface area contributed by atoms with E-state index in [9.17, 15) is 27.2 Å². The molecule has 1 N–H and O–H groups in total. The molecule has 0 fully saturated rings. The Morgan fingerprint density at radius 1 is 1.25 bits per heavy atom. The lowest BCUT2D eigenvalue weighted by molar-refractivity contribution is -0.137.